The van der Waals surface area contributed by atoms with Crippen LogP contribution in [0.2, 0.25) is 0 Å². The number of quaternary nitrogens is 1. The molecule has 1 N–H and O–H groups in total. The van der Waals surface area contributed by atoms with Crippen LogP contribution in [0.5, 0.6) is 0 Å². The van der Waals surface area contributed by atoms with Crippen molar-refractivity contribution >= 4 is 17.9 Å². The highest BCUT2D eigenvalue weighted by atomic mass is 16.6. The molecule has 0 rings (SSSR count). The Morgan fingerprint density at radius 3 is 1.38 bits per heavy atom. The highest BCUT2D eigenvalue weighted by Gasteiger charge is 2.31. The Morgan fingerprint density at radius 1 is 0.517 bits per heavy atom. The summed E-state index contributed by atoms with van der Waals surface area (Å²) in [5.41, 5.74) is 0. The standard InChI is InChI=1S/C52H95NO7/c1-6-8-10-12-14-16-18-20-22-24-25-26-27-29-31-33-35-37-39-41-43-51(55)60-48(46-58-45-44-49(52(56)57)53(3,4)5)47-59-50(54)42-40-38-36-34-32-30-28-23-21-19-17-15-13-11-9-7-2/h9,11,15,17,21,23,48-49H,6-8,10,12-14,16,18-20,22,24-47H2,1-5H3/p+1/b11-9+,17-15+,23-21+. The third-order valence-electron chi connectivity index (χ3n) is 11.3. The third-order valence-corrected chi connectivity index (χ3v) is 11.3. The monoisotopic (exact) mass is 847 g/mol. The number of carbonyl (C=O) groups is 3. The van der Waals surface area contributed by atoms with Gasteiger partial charge in [0.2, 0.25) is 0 Å². The lowest BCUT2D eigenvalue weighted by molar-refractivity contribution is -0.887. The van der Waals surface area contributed by atoms with Crippen LogP contribution < -0.4 is 0 Å². The van der Waals surface area contributed by atoms with E-state index >= 15 is 0 Å². The average Bonchev–Trinajstić information content (AvgIpc) is 3.21. The molecule has 0 aromatic rings. The molecule has 350 valence electrons. The third kappa shape index (κ3) is 40.9. The van der Waals surface area contributed by atoms with Crippen LogP contribution in [0.4, 0.5) is 0 Å². The lowest BCUT2D eigenvalue weighted by Crippen LogP contribution is -2.50. The maximum Gasteiger partial charge on any atom is 0.362 e. The fraction of sp³-hybridized carbons (Fsp3) is 0.827. The SMILES string of the molecule is CC/C=C/C/C=C/C/C=C/CCCCCCCCC(=O)OCC(COCCC(C(=O)O)[N+](C)(C)C)OC(=O)CCCCCCCCCCCCCCCCCCCCCC. The molecule has 8 heteroatoms. The number of ether oxygens (including phenoxy) is 3. The molecule has 2 unspecified atom stereocenters. The topological polar surface area (TPSA) is 99.1 Å². The number of aliphatic carboxylic acids is 1. The number of carboxylic acid groups (broad SMARTS) is 1. The number of carbonyl (C=O) groups excluding carboxylic acids is 2. The molecule has 60 heavy (non-hydrogen) atoms. The van der Waals surface area contributed by atoms with Gasteiger partial charge in [-0.15, -0.1) is 0 Å². The molecule has 0 aromatic heterocycles. The van der Waals surface area contributed by atoms with Gasteiger partial charge in [-0.1, -0.05) is 198 Å². The van der Waals surface area contributed by atoms with Crippen LogP contribution in [-0.2, 0) is 28.6 Å². The van der Waals surface area contributed by atoms with Crippen LogP contribution in [0.3, 0.4) is 0 Å². The van der Waals surface area contributed by atoms with Crippen LogP contribution in [0.25, 0.3) is 0 Å². The number of likely N-dealkylation sites (N-methyl/N-ethyl adjacent to an activating group) is 1. The largest absolute Gasteiger partial charge is 0.477 e. The van der Waals surface area contributed by atoms with E-state index in [4.69, 9.17) is 14.2 Å². The molecule has 0 saturated carbocycles. The summed E-state index contributed by atoms with van der Waals surface area (Å²) in [7, 11) is 5.53. The average molecular weight is 847 g/mol. The van der Waals surface area contributed by atoms with Gasteiger partial charge in [0.25, 0.3) is 0 Å². The zero-order valence-electron chi connectivity index (χ0n) is 39.9. The van der Waals surface area contributed by atoms with Crippen molar-refractivity contribution < 1.29 is 38.2 Å². The zero-order chi connectivity index (χ0) is 44.2. The van der Waals surface area contributed by atoms with Gasteiger partial charge in [0.05, 0.1) is 34.4 Å². The van der Waals surface area contributed by atoms with Gasteiger partial charge in [0, 0.05) is 19.3 Å². The number of esters is 2. The van der Waals surface area contributed by atoms with Gasteiger partial charge < -0.3 is 23.8 Å². The summed E-state index contributed by atoms with van der Waals surface area (Å²) >= 11 is 0. The normalized spacial score (nSPS) is 13.2. The van der Waals surface area contributed by atoms with Gasteiger partial charge in [-0.3, -0.25) is 9.59 Å². The second kappa shape index (κ2) is 43.2. The molecule has 0 amide bonds. The summed E-state index contributed by atoms with van der Waals surface area (Å²) in [6.07, 6.45) is 50.5. The molecule has 2 atom stereocenters. The van der Waals surface area contributed by atoms with E-state index in [2.05, 4.69) is 50.3 Å². The smallest absolute Gasteiger partial charge is 0.362 e. The number of unbranched alkanes of at least 4 members (excludes halogenated alkanes) is 25. The van der Waals surface area contributed by atoms with E-state index in [0.29, 0.717) is 19.3 Å². The van der Waals surface area contributed by atoms with Crippen LogP contribution >= 0.6 is 0 Å². The van der Waals surface area contributed by atoms with Crippen molar-refractivity contribution in [1.29, 1.82) is 0 Å². The minimum atomic E-state index is -0.875. The van der Waals surface area contributed by atoms with E-state index < -0.39 is 18.1 Å². The fourth-order valence-electron chi connectivity index (χ4n) is 7.46. The van der Waals surface area contributed by atoms with Gasteiger partial charge in [0.15, 0.2) is 12.1 Å². The number of carboxylic acids is 1. The first kappa shape index (κ1) is 57.5. The van der Waals surface area contributed by atoms with Crippen molar-refractivity contribution in [3.05, 3.63) is 36.5 Å². The number of hydrogen-bond donors (Lipinski definition) is 1. The van der Waals surface area contributed by atoms with Crippen molar-refractivity contribution in [2.75, 3.05) is 41.0 Å². The summed E-state index contributed by atoms with van der Waals surface area (Å²) in [4.78, 5) is 37.1. The molecule has 0 aliphatic carbocycles. The van der Waals surface area contributed by atoms with Crippen molar-refractivity contribution in [1.82, 2.24) is 0 Å². The first-order valence-corrected chi connectivity index (χ1v) is 25.0. The quantitative estimate of drug-likeness (QED) is 0.0282. The van der Waals surface area contributed by atoms with Crippen LogP contribution in [-0.4, -0.2) is 80.6 Å². The van der Waals surface area contributed by atoms with Crippen LogP contribution in [0, 0.1) is 0 Å². The molecule has 0 fully saturated rings. The van der Waals surface area contributed by atoms with Crippen molar-refractivity contribution in [3.63, 3.8) is 0 Å². The van der Waals surface area contributed by atoms with Crippen LogP contribution in [0.15, 0.2) is 36.5 Å². The van der Waals surface area contributed by atoms with E-state index in [1.165, 1.54) is 122 Å². The van der Waals surface area contributed by atoms with Gasteiger partial charge in [0.1, 0.15) is 6.61 Å². The molecule has 0 aromatic carbocycles. The Bertz CT molecular complexity index is 1080. The van der Waals surface area contributed by atoms with Gasteiger partial charge >= 0.3 is 17.9 Å². The number of nitrogens with zero attached hydrogens (tertiary/aromatic N) is 1. The minimum Gasteiger partial charge on any atom is -0.477 e. The Morgan fingerprint density at radius 2 is 0.933 bits per heavy atom. The Balaban J connectivity index is 4.24. The molecular formula is C52H96NO7+. The van der Waals surface area contributed by atoms with Gasteiger partial charge in [-0.25, -0.2) is 4.79 Å². The lowest BCUT2D eigenvalue weighted by atomic mass is 10.0. The van der Waals surface area contributed by atoms with Gasteiger partial charge in [-0.2, -0.15) is 0 Å². The highest BCUT2D eigenvalue weighted by molar-refractivity contribution is 5.72. The Labute approximate surface area is 370 Å². The van der Waals surface area contributed by atoms with Crippen LogP contribution in [0.1, 0.15) is 226 Å². The van der Waals surface area contributed by atoms with Gasteiger partial charge in [-0.05, 0) is 44.9 Å². The number of allylic oxidation sites excluding steroid dienone is 6. The van der Waals surface area contributed by atoms with Crippen molar-refractivity contribution in [2.24, 2.45) is 0 Å². The predicted octanol–water partition coefficient (Wildman–Crippen LogP) is 14.2. The molecule has 0 radical (unpaired) electrons. The van der Waals surface area contributed by atoms with E-state index in [1.807, 2.05) is 21.1 Å². The maximum atomic E-state index is 12.8. The van der Waals surface area contributed by atoms with Crippen molar-refractivity contribution in [3.8, 4) is 0 Å². The van der Waals surface area contributed by atoms with E-state index in [-0.39, 0.29) is 36.2 Å². The Kier molecular flexibility index (Phi) is 41.4. The molecule has 0 aliphatic rings. The number of rotatable bonds is 45. The molecule has 8 nitrogen and oxygen atoms in total. The van der Waals surface area contributed by atoms with Crippen molar-refractivity contribution in [2.45, 2.75) is 238 Å². The summed E-state index contributed by atoms with van der Waals surface area (Å²) in [6, 6.07) is -0.615. The van der Waals surface area contributed by atoms with E-state index in [0.717, 1.165) is 70.6 Å². The molecule has 0 spiro atoms. The first-order valence-electron chi connectivity index (χ1n) is 25.0. The summed E-state index contributed by atoms with van der Waals surface area (Å²) in [5.74, 6) is -1.47. The molecule has 0 saturated heterocycles. The summed E-state index contributed by atoms with van der Waals surface area (Å²) in [6.45, 7) is 4.64. The second-order valence-corrected chi connectivity index (χ2v) is 18.1. The maximum absolute atomic E-state index is 12.8. The molecule has 0 bridgehead atoms. The zero-order valence-corrected chi connectivity index (χ0v) is 39.9. The fourth-order valence-corrected chi connectivity index (χ4v) is 7.46. The predicted molar refractivity (Wildman–Crippen MR) is 252 cm³/mol. The molecular weight excluding hydrogens is 751 g/mol. The summed E-state index contributed by atoms with van der Waals surface area (Å²) < 4.78 is 17.3. The lowest BCUT2D eigenvalue weighted by Gasteiger charge is -2.31. The minimum absolute atomic E-state index is 0.0548. The van der Waals surface area contributed by atoms with E-state index in [1.54, 1.807) is 0 Å². The molecule has 0 heterocycles. The second-order valence-electron chi connectivity index (χ2n) is 18.1. The van der Waals surface area contributed by atoms with E-state index in [9.17, 15) is 19.5 Å². The first-order chi connectivity index (χ1) is 29.1. The highest BCUT2D eigenvalue weighted by Crippen LogP contribution is 2.16. The summed E-state index contributed by atoms with van der Waals surface area (Å²) in [5, 5.41) is 9.64. The molecule has 0 aliphatic heterocycles. The Hall–Kier alpha value is -2.45. The number of hydrogen-bond acceptors (Lipinski definition) is 6.